The summed E-state index contributed by atoms with van der Waals surface area (Å²) in [6, 6.07) is 12.2. The van der Waals surface area contributed by atoms with Crippen molar-refractivity contribution in [3.05, 3.63) is 60.2 Å². The molecule has 5 rings (SSSR count). The number of carbonyl (C=O) groups excluding carboxylic acids is 2. The molecular formula is C28H31N3O4. The summed E-state index contributed by atoms with van der Waals surface area (Å²) in [5.74, 6) is 2.05. The lowest BCUT2D eigenvalue weighted by molar-refractivity contribution is -0.125. The second-order valence-corrected chi connectivity index (χ2v) is 9.33. The van der Waals surface area contributed by atoms with Crippen LogP contribution in [-0.4, -0.2) is 29.9 Å². The molecule has 2 aromatic carbocycles. The first-order valence-corrected chi connectivity index (χ1v) is 12.4. The van der Waals surface area contributed by atoms with Crippen LogP contribution in [0.2, 0.25) is 0 Å². The zero-order chi connectivity index (χ0) is 24.2. The summed E-state index contributed by atoms with van der Waals surface area (Å²) in [4.78, 5) is 27.0. The highest BCUT2D eigenvalue weighted by Gasteiger charge is 2.22. The van der Waals surface area contributed by atoms with Crippen LogP contribution in [0.3, 0.4) is 0 Å². The van der Waals surface area contributed by atoms with Gasteiger partial charge < -0.3 is 25.1 Å². The number of fused-ring (bicyclic) bond motifs is 2. The highest BCUT2D eigenvalue weighted by molar-refractivity contribution is 5.88. The van der Waals surface area contributed by atoms with Crippen LogP contribution < -0.4 is 20.1 Å². The molecule has 2 aliphatic rings. The molecule has 2 heterocycles. The Morgan fingerprint density at radius 1 is 1.00 bits per heavy atom. The molecule has 182 valence electrons. The van der Waals surface area contributed by atoms with Crippen molar-refractivity contribution < 1.29 is 19.1 Å². The first-order valence-electron chi connectivity index (χ1n) is 12.4. The van der Waals surface area contributed by atoms with Crippen LogP contribution in [0, 0.1) is 5.92 Å². The van der Waals surface area contributed by atoms with Gasteiger partial charge in [-0.05, 0) is 60.2 Å². The minimum absolute atomic E-state index is 0.0243. The van der Waals surface area contributed by atoms with Crippen LogP contribution >= 0.6 is 0 Å². The molecule has 0 bridgehead atoms. The monoisotopic (exact) mass is 473 g/mol. The maximum Gasteiger partial charge on any atom is 0.223 e. The Kier molecular flexibility index (Phi) is 6.75. The van der Waals surface area contributed by atoms with E-state index in [1.165, 1.54) is 13.3 Å². The first-order chi connectivity index (χ1) is 17.1. The summed E-state index contributed by atoms with van der Waals surface area (Å²) in [5, 5.41) is 6.99. The predicted molar refractivity (Wildman–Crippen MR) is 135 cm³/mol. The van der Waals surface area contributed by atoms with Gasteiger partial charge in [0.25, 0.3) is 0 Å². The van der Waals surface area contributed by atoms with Crippen molar-refractivity contribution in [2.75, 3.05) is 13.1 Å². The van der Waals surface area contributed by atoms with E-state index in [0.29, 0.717) is 30.3 Å². The largest absolute Gasteiger partial charge is 0.457 e. The summed E-state index contributed by atoms with van der Waals surface area (Å²) in [6.07, 6.45) is 9.73. The van der Waals surface area contributed by atoms with Gasteiger partial charge >= 0.3 is 0 Å². The van der Waals surface area contributed by atoms with Crippen LogP contribution in [0.1, 0.15) is 44.6 Å². The molecule has 1 aromatic heterocycles. The van der Waals surface area contributed by atoms with Gasteiger partial charge in [-0.25, -0.2) is 0 Å². The number of ether oxygens (including phenoxy) is 2. The van der Waals surface area contributed by atoms with Gasteiger partial charge in [-0.2, -0.15) is 0 Å². The zero-order valence-electron chi connectivity index (χ0n) is 20.0. The fourth-order valence-corrected chi connectivity index (χ4v) is 4.86. The van der Waals surface area contributed by atoms with E-state index in [1.807, 2.05) is 24.4 Å². The standard InChI is InChI=1S/C28H31N3O4/c1-18(32)29-12-11-22-15-30-25-9-7-20(13-24(22)25)21-8-10-26-27(14-21)35-23(17-34-26)16-31-28(33)19-5-3-2-4-6-19/h7-10,13-15,17,19,30H,2-6,11-12,16H2,1H3,(H,29,32)(H,31,33). The third kappa shape index (κ3) is 5.34. The van der Waals surface area contributed by atoms with Crippen molar-refractivity contribution >= 4 is 22.7 Å². The Morgan fingerprint density at radius 3 is 2.63 bits per heavy atom. The van der Waals surface area contributed by atoms with Crippen LogP contribution in [0.4, 0.5) is 0 Å². The summed E-state index contributed by atoms with van der Waals surface area (Å²) in [7, 11) is 0. The maximum absolute atomic E-state index is 12.5. The number of amides is 2. The fraction of sp³-hybridized carbons (Fsp3) is 0.357. The molecular weight excluding hydrogens is 442 g/mol. The molecule has 1 aliphatic heterocycles. The van der Waals surface area contributed by atoms with E-state index < -0.39 is 0 Å². The molecule has 1 aliphatic carbocycles. The first kappa shape index (κ1) is 23.0. The molecule has 0 radical (unpaired) electrons. The van der Waals surface area contributed by atoms with Gasteiger partial charge in [-0.15, -0.1) is 0 Å². The third-order valence-corrected chi connectivity index (χ3v) is 6.78. The lowest BCUT2D eigenvalue weighted by Crippen LogP contribution is -2.34. The Bertz CT molecular complexity index is 1270. The normalized spacial score (nSPS) is 15.5. The average molecular weight is 474 g/mol. The number of H-pyrrole nitrogens is 1. The Labute approximate surface area is 204 Å². The molecule has 3 aromatic rings. The van der Waals surface area contributed by atoms with E-state index in [4.69, 9.17) is 9.47 Å². The van der Waals surface area contributed by atoms with Crippen molar-refractivity contribution in [2.45, 2.75) is 45.4 Å². The smallest absolute Gasteiger partial charge is 0.223 e. The minimum Gasteiger partial charge on any atom is -0.457 e. The van der Waals surface area contributed by atoms with Crippen molar-refractivity contribution in [3.8, 4) is 22.6 Å². The Morgan fingerprint density at radius 2 is 1.80 bits per heavy atom. The summed E-state index contributed by atoms with van der Waals surface area (Å²) in [6.45, 7) is 2.44. The number of benzene rings is 2. The van der Waals surface area contributed by atoms with E-state index in [0.717, 1.165) is 59.7 Å². The van der Waals surface area contributed by atoms with Gasteiger partial charge in [-0.1, -0.05) is 31.4 Å². The molecule has 3 N–H and O–H groups in total. The Balaban J connectivity index is 1.27. The highest BCUT2D eigenvalue weighted by atomic mass is 16.6. The topological polar surface area (TPSA) is 92.5 Å². The second-order valence-electron chi connectivity index (χ2n) is 9.33. The number of aromatic nitrogens is 1. The number of hydrogen-bond acceptors (Lipinski definition) is 4. The van der Waals surface area contributed by atoms with E-state index in [1.54, 1.807) is 6.26 Å². The highest BCUT2D eigenvalue weighted by Crippen LogP contribution is 2.37. The quantitative estimate of drug-likeness (QED) is 0.459. The molecule has 7 heteroatoms. The third-order valence-electron chi connectivity index (χ3n) is 6.78. The summed E-state index contributed by atoms with van der Waals surface area (Å²) >= 11 is 0. The molecule has 1 fully saturated rings. The number of aromatic amines is 1. The predicted octanol–water partition coefficient (Wildman–Crippen LogP) is 4.82. The molecule has 35 heavy (non-hydrogen) atoms. The van der Waals surface area contributed by atoms with Gasteiger partial charge in [-0.3, -0.25) is 9.59 Å². The summed E-state index contributed by atoms with van der Waals surface area (Å²) in [5.41, 5.74) is 4.29. The van der Waals surface area contributed by atoms with Gasteiger partial charge in [0, 0.05) is 36.5 Å². The van der Waals surface area contributed by atoms with E-state index in [9.17, 15) is 9.59 Å². The van der Waals surface area contributed by atoms with Crippen molar-refractivity contribution in [1.82, 2.24) is 15.6 Å². The van der Waals surface area contributed by atoms with E-state index in [-0.39, 0.29) is 17.7 Å². The van der Waals surface area contributed by atoms with Gasteiger partial charge in [0.2, 0.25) is 11.8 Å². The SMILES string of the molecule is CC(=O)NCCc1c[nH]c2ccc(-c3ccc4c(c3)OC(CNC(=O)C3CCCCC3)=CO4)cc12. The molecule has 0 unspecified atom stereocenters. The fourth-order valence-electron chi connectivity index (χ4n) is 4.86. The number of rotatable bonds is 7. The van der Waals surface area contributed by atoms with Crippen LogP contribution in [0.5, 0.6) is 11.5 Å². The number of hydrogen-bond donors (Lipinski definition) is 3. The van der Waals surface area contributed by atoms with Crippen LogP contribution in [0.25, 0.3) is 22.0 Å². The van der Waals surface area contributed by atoms with Gasteiger partial charge in [0.15, 0.2) is 17.3 Å². The molecule has 0 saturated heterocycles. The average Bonchev–Trinajstić information content (AvgIpc) is 3.29. The minimum atomic E-state index is -0.0243. The van der Waals surface area contributed by atoms with E-state index in [2.05, 4.69) is 33.8 Å². The molecule has 2 amide bonds. The van der Waals surface area contributed by atoms with E-state index >= 15 is 0 Å². The van der Waals surface area contributed by atoms with Crippen molar-refractivity contribution in [2.24, 2.45) is 5.92 Å². The molecule has 7 nitrogen and oxygen atoms in total. The van der Waals surface area contributed by atoms with Crippen molar-refractivity contribution in [1.29, 1.82) is 0 Å². The van der Waals surface area contributed by atoms with Gasteiger partial charge in [0.1, 0.15) is 6.26 Å². The summed E-state index contributed by atoms with van der Waals surface area (Å²) < 4.78 is 11.8. The maximum atomic E-state index is 12.5. The van der Waals surface area contributed by atoms with Crippen LogP contribution in [-0.2, 0) is 16.0 Å². The molecule has 0 atom stereocenters. The number of carbonyl (C=O) groups is 2. The molecule has 1 saturated carbocycles. The lowest BCUT2D eigenvalue weighted by atomic mass is 9.89. The lowest BCUT2D eigenvalue weighted by Gasteiger charge is -2.22. The Hall–Kier alpha value is -3.74. The van der Waals surface area contributed by atoms with Crippen LogP contribution in [0.15, 0.2) is 54.6 Å². The van der Waals surface area contributed by atoms with Crippen molar-refractivity contribution in [3.63, 3.8) is 0 Å². The molecule has 0 spiro atoms. The number of nitrogens with one attached hydrogen (secondary N) is 3. The zero-order valence-corrected chi connectivity index (χ0v) is 20.0. The second kappa shape index (κ2) is 10.3. The van der Waals surface area contributed by atoms with Gasteiger partial charge in [0.05, 0.1) is 6.54 Å².